The number of carbonyl (C=O) groups is 2. The van der Waals surface area contributed by atoms with Crippen LogP contribution in [0.2, 0.25) is 5.02 Å². The second-order valence-electron chi connectivity index (χ2n) is 10.3. The molecule has 2 atom stereocenters. The number of aromatic nitrogens is 1. The third kappa shape index (κ3) is 6.43. The summed E-state index contributed by atoms with van der Waals surface area (Å²) in [6.07, 6.45) is 2.18. The molecule has 0 unspecified atom stereocenters. The van der Waals surface area contributed by atoms with Crippen molar-refractivity contribution in [2.24, 2.45) is 5.92 Å². The molecule has 2 aliphatic heterocycles. The van der Waals surface area contributed by atoms with Gasteiger partial charge < -0.3 is 19.4 Å². The maximum absolute atomic E-state index is 14.3. The number of likely N-dealkylation sites (tertiary alicyclic amines) is 1. The van der Waals surface area contributed by atoms with E-state index in [-0.39, 0.29) is 37.2 Å². The number of likely N-dealkylation sites (N-methyl/N-ethyl adjacent to an activating group) is 1. The smallest absolute Gasteiger partial charge is 0.410 e. The molecule has 2 aliphatic rings. The standard InChI is InChI=1S/C30H30ClF3N4O3/c1-2-38(30(40)41-23-7-5-22(32)6-8-23)27-18-37(17-24(27)20-3-9-25(33)26(34)15-20)29(39)19-11-13-36(14-12-19)28-10-4-21(31)16-35-28/h3-10,15-16,19,24,27H,2,11-14,17-18H2,1H3/t24-,27+/m0/s1. The normalized spacial score (nSPS) is 19.3. The third-order valence-corrected chi connectivity index (χ3v) is 8.07. The van der Waals surface area contributed by atoms with E-state index in [9.17, 15) is 22.8 Å². The molecule has 0 N–H and O–H groups in total. The van der Waals surface area contributed by atoms with Crippen molar-refractivity contribution in [3.8, 4) is 5.75 Å². The van der Waals surface area contributed by atoms with E-state index in [4.69, 9.17) is 16.3 Å². The molecular formula is C30H30ClF3N4O3. The lowest BCUT2D eigenvalue weighted by Crippen LogP contribution is -2.47. The van der Waals surface area contributed by atoms with Crippen LogP contribution in [-0.4, -0.2) is 65.5 Å². The number of nitrogens with zero attached hydrogens (tertiary/aromatic N) is 4. The Morgan fingerprint density at radius 2 is 1.73 bits per heavy atom. The molecule has 7 nitrogen and oxygen atoms in total. The van der Waals surface area contributed by atoms with Gasteiger partial charge in [-0.2, -0.15) is 0 Å². The average Bonchev–Trinajstić information content (AvgIpc) is 3.41. The number of anilines is 1. The molecule has 0 bridgehead atoms. The SMILES string of the molecule is CCN(C(=O)Oc1ccc(F)cc1)[C@@H]1CN(C(=O)C2CCN(c3ccc(Cl)cn3)CC2)C[C@H]1c1ccc(F)c(F)c1. The molecule has 216 valence electrons. The van der Waals surface area contributed by atoms with Gasteiger partial charge in [0.05, 0.1) is 11.1 Å². The molecule has 0 saturated carbocycles. The number of ether oxygens (including phenoxy) is 1. The summed E-state index contributed by atoms with van der Waals surface area (Å²) < 4.78 is 46.9. The van der Waals surface area contributed by atoms with Crippen molar-refractivity contribution in [2.75, 3.05) is 37.6 Å². The Labute approximate surface area is 241 Å². The zero-order valence-corrected chi connectivity index (χ0v) is 23.2. The fraction of sp³-hybridized carbons (Fsp3) is 0.367. The number of piperidine rings is 1. The van der Waals surface area contributed by atoms with E-state index in [1.165, 1.54) is 35.2 Å². The minimum atomic E-state index is -0.994. The van der Waals surface area contributed by atoms with Crippen molar-refractivity contribution in [1.82, 2.24) is 14.8 Å². The molecule has 0 radical (unpaired) electrons. The summed E-state index contributed by atoms with van der Waals surface area (Å²) in [7, 11) is 0. The number of carbonyl (C=O) groups excluding carboxylic acids is 2. The highest BCUT2D eigenvalue weighted by molar-refractivity contribution is 6.30. The Hall–Kier alpha value is -3.79. The van der Waals surface area contributed by atoms with Crippen molar-refractivity contribution in [2.45, 2.75) is 31.7 Å². The van der Waals surface area contributed by atoms with Crippen LogP contribution >= 0.6 is 11.6 Å². The van der Waals surface area contributed by atoms with E-state index >= 15 is 0 Å². The van der Waals surface area contributed by atoms with Crippen molar-refractivity contribution < 1.29 is 27.5 Å². The molecular weight excluding hydrogens is 557 g/mol. The first-order valence-electron chi connectivity index (χ1n) is 13.6. The van der Waals surface area contributed by atoms with Gasteiger partial charge in [0.1, 0.15) is 17.4 Å². The Morgan fingerprint density at radius 3 is 2.37 bits per heavy atom. The van der Waals surface area contributed by atoms with Crippen molar-refractivity contribution in [3.05, 3.63) is 88.8 Å². The number of pyridine rings is 1. The van der Waals surface area contributed by atoms with Gasteiger partial charge in [-0.25, -0.2) is 22.9 Å². The van der Waals surface area contributed by atoms with E-state index in [2.05, 4.69) is 9.88 Å². The van der Waals surface area contributed by atoms with Gasteiger partial charge in [-0.3, -0.25) is 4.79 Å². The van der Waals surface area contributed by atoms with Crippen molar-refractivity contribution in [3.63, 3.8) is 0 Å². The predicted octanol–water partition coefficient (Wildman–Crippen LogP) is 5.88. The summed E-state index contributed by atoms with van der Waals surface area (Å²) in [5, 5.41) is 0.556. The highest BCUT2D eigenvalue weighted by atomic mass is 35.5. The van der Waals surface area contributed by atoms with Crippen LogP contribution in [0.15, 0.2) is 60.8 Å². The Morgan fingerprint density at radius 1 is 1.00 bits per heavy atom. The van der Waals surface area contributed by atoms with Gasteiger partial charge in [0, 0.05) is 50.8 Å². The van der Waals surface area contributed by atoms with Gasteiger partial charge in [0.2, 0.25) is 5.91 Å². The van der Waals surface area contributed by atoms with Crippen LogP contribution in [0.5, 0.6) is 5.75 Å². The number of hydrogen-bond acceptors (Lipinski definition) is 5. The first kappa shape index (κ1) is 28.7. The van der Waals surface area contributed by atoms with Crippen LogP contribution < -0.4 is 9.64 Å². The summed E-state index contributed by atoms with van der Waals surface area (Å²) in [4.78, 5) is 36.6. The lowest BCUT2D eigenvalue weighted by Gasteiger charge is -2.34. The highest BCUT2D eigenvalue weighted by Crippen LogP contribution is 2.35. The zero-order valence-electron chi connectivity index (χ0n) is 22.5. The zero-order chi connectivity index (χ0) is 29.1. The van der Waals surface area contributed by atoms with Crippen LogP contribution in [-0.2, 0) is 4.79 Å². The maximum Gasteiger partial charge on any atom is 0.415 e. The summed E-state index contributed by atoms with van der Waals surface area (Å²) in [6, 6.07) is 11.8. The predicted molar refractivity (Wildman–Crippen MR) is 148 cm³/mol. The Bertz CT molecular complexity index is 1380. The lowest BCUT2D eigenvalue weighted by atomic mass is 9.93. The van der Waals surface area contributed by atoms with Gasteiger partial charge >= 0.3 is 6.09 Å². The number of hydrogen-bond donors (Lipinski definition) is 0. The van der Waals surface area contributed by atoms with Gasteiger partial charge in [-0.1, -0.05) is 17.7 Å². The van der Waals surface area contributed by atoms with Crippen LogP contribution in [0.25, 0.3) is 0 Å². The fourth-order valence-electron chi connectivity index (χ4n) is 5.68. The van der Waals surface area contributed by atoms with Crippen molar-refractivity contribution >= 4 is 29.4 Å². The monoisotopic (exact) mass is 586 g/mol. The first-order valence-corrected chi connectivity index (χ1v) is 14.0. The number of amides is 2. The van der Waals surface area contributed by atoms with E-state index < -0.39 is 35.5 Å². The van der Waals surface area contributed by atoms with Gasteiger partial charge in [-0.05, 0) is 73.9 Å². The fourth-order valence-corrected chi connectivity index (χ4v) is 5.79. The number of benzene rings is 2. The quantitative estimate of drug-likeness (QED) is 0.361. The number of halogens is 4. The molecule has 41 heavy (non-hydrogen) atoms. The molecule has 2 aromatic carbocycles. The van der Waals surface area contributed by atoms with E-state index in [0.717, 1.165) is 18.0 Å². The second kappa shape index (κ2) is 12.4. The van der Waals surface area contributed by atoms with Gasteiger partial charge in [0.25, 0.3) is 0 Å². The molecule has 11 heteroatoms. The van der Waals surface area contributed by atoms with Crippen molar-refractivity contribution in [1.29, 1.82) is 0 Å². The molecule has 3 heterocycles. The van der Waals surface area contributed by atoms with E-state index in [0.29, 0.717) is 36.5 Å². The van der Waals surface area contributed by atoms with Gasteiger partial charge in [0.15, 0.2) is 11.6 Å². The lowest BCUT2D eigenvalue weighted by molar-refractivity contribution is -0.135. The molecule has 5 rings (SSSR count). The molecule has 1 aromatic heterocycles. The second-order valence-corrected chi connectivity index (χ2v) is 10.7. The van der Waals surface area contributed by atoms with E-state index in [1.807, 2.05) is 6.07 Å². The molecule has 3 aromatic rings. The molecule has 2 saturated heterocycles. The van der Waals surface area contributed by atoms with Gasteiger partial charge in [-0.15, -0.1) is 0 Å². The van der Waals surface area contributed by atoms with Crippen LogP contribution in [0.4, 0.5) is 23.8 Å². The Balaban J connectivity index is 1.33. The highest BCUT2D eigenvalue weighted by Gasteiger charge is 2.43. The summed E-state index contributed by atoms with van der Waals surface area (Å²) in [6.45, 7) is 3.79. The molecule has 2 amide bonds. The Kier molecular flexibility index (Phi) is 8.68. The molecule has 2 fully saturated rings. The number of rotatable bonds is 6. The maximum atomic E-state index is 14.3. The molecule has 0 spiro atoms. The van der Waals surface area contributed by atoms with Crippen LogP contribution in [0, 0.1) is 23.4 Å². The largest absolute Gasteiger partial charge is 0.415 e. The third-order valence-electron chi connectivity index (χ3n) is 7.85. The minimum absolute atomic E-state index is 0.0354. The van der Waals surface area contributed by atoms with Crippen LogP contribution in [0.1, 0.15) is 31.2 Å². The average molecular weight is 587 g/mol. The molecule has 0 aliphatic carbocycles. The summed E-state index contributed by atoms with van der Waals surface area (Å²) in [5.74, 6) is -2.17. The first-order chi connectivity index (χ1) is 19.7. The van der Waals surface area contributed by atoms with Crippen LogP contribution in [0.3, 0.4) is 0 Å². The van der Waals surface area contributed by atoms with E-state index in [1.54, 1.807) is 24.1 Å². The topological polar surface area (TPSA) is 66.0 Å². The summed E-state index contributed by atoms with van der Waals surface area (Å²) >= 11 is 5.95. The summed E-state index contributed by atoms with van der Waals surface area (Å²) in [5.41, 5.74) is 0.487. The minimum Gasteiger partial charge on any atom is -0.410 e.